The van der Waals surface area contributed by atoms with Gasteiger partial charge in [0.25, 0.3) is 5.91 Å². The predicted octanol–water partition coefficient (Wildman–Crippen LogP) is -0.998. The summed E-state index contributed by atoms with van der Waals surface area (Å²) in [5.41, 5.74) is -1.15. The molecule has 0 bridgehead atoms. The van der Waals surface area contributed by atoms with Gasteiger partial charge in [0.1, 0.15) is 5.41 Å². The van der Waals surface area contributed by atoms with Crippen molar-refractivity contribution in [2.24, 2.45) is 16.3 Å². The summed E-state index contributed by atoms with van der Waals surface area (Å²) in [5.74, 6) is -1.20. The van der Waals surface area contributed by atoms with Crippen molar-refractivity contribution in [3.05, 3.63) is 0 Å². The van der Waals surface area contributed by atoms with Crippen molar-refractivity contribution < 1.29 is 44.3 Å². The van der Waals surface area contributed by atoms with Crippen molar-refractivity contribution in [1.82, 2.24) is 5.32 Å². The van der Waals surface area contributed by atoms with Gasteiger partial charge < -0.3 is 10.4 Å². The van der Waals surface area contributed by atoms with Crippen molar-refractivity contribution >= 4 is 17.8 Å². The van der Waals surface area contributed by atoms with Crippen molar-refractivity contribution in [2.75, 3.05) is 0 Å². The maximum Gasteiger partial charge on any atom is 1.00 e. The zero-order valence-corrected chi connectivity index (χ0v) is 16.3. The average Bonchev–Trinajstić information content (AvgIpc) is 2.39. The molecule has 0 spiro atoms. The minimum absolute atomic E-state index is 0. The Hall–Kier alpha value is -0.390. The number of amides is 2. The van der Waals surface area contributed by atoms with E-state index in [0.29, 0.717) is 6.42 Å². The third-order valence-electron chi connectivity index (χ3n) is 3.83. The van der Waals surface area contributed by atoms with Crippen LogP contribution in [-0.4, -0.2) is 17.8 Å². The van der Waals surface area contributed by atoms with Crippen LogP contribution >= 0.6 is 0 Å². The SMILES string of the molecule is CCCC.CCCC(C)C1(CC)C(=O)N=C([O-])NC1=O.[Na+]. The minimum atomic E-state index is -1.15. The van der Waals surface area contributed by atoms with Gasteiger partial charge in [-0.2, -0.15) is 0 Å². The number of nitrogens with zero attached hydrogens (tertiary/aromatic N) is 1. The van der Waals surface area contributed by atoms with Gasteiger partial charge in [-0.25, -0.2) is 4.99 Å². The summed E-state index contributed by atoms with van der Waals surface area (Å²) >= 11 is 0. The minimum Gasteiger partial charge on any atom is -0.846 e. The number of rotatable bonds is 5. The van der Waals surface area contributed by atoms with E-state index >= 15 is 0 Å². The van der Waals surface area contributed by atoms with E-state index in [1.807, 2.05) is 13.8 Å². The van der Waals surface area contributed by atoms with Gasteiger partial charge in [-0.1, -0.05) is 53.9 Å². The van der Waals surface area contributed by atoms with Crippen molar-refractivity contribution in [3.8, 4) is 0 Å². The Labute approximate surface area is 150 Å². The second-order valence-corrected chi connectivity index (χ2v) is 5.19. The Balaban J connectivity index is 0. The molecule has 1 N–H and O–H groups in total. The second kappa shape index (κ2) is 11.2. The summed E-state index contributed by atoms with van der Waals surface area (Å²) in [7, 11) is 0. The molecule has 2 unspecified atom stereocenters. The van der Waals surface area contributed by atoms with Crippen molar-refractivity contribution in [2.45, 2.75) is 66.7 Å². The normalized spacial score (nSPS) is 22.2. The molecule has 0 saturated carbocycles. The Kier molecular flexibility index (Phi) is 12.2. The molecule has 6 heteroatoms. The van der Waals surface area contributed by atoms with Crippen LogP contribution in [0.2, 0.25) is 0 Å². The number of hydrogen-bond acceptors (Lipinski definition) is 3. The first kappa shape index (κ1) is 22.9. The topological polar surface area (TPSA) is 81.6 Å². The molecule has 0 aliphatic carbocycles. The van der Waals surface area contributed by atoms with Gasteiger partial charge in [0.05, 0.1) is 6.02 Å². The Morgan fingerprint density at radius 1 is 1.14 bits per heavy atom. The van der Waals surface area contributed by atoms with Gasteiger partial charge in [0, 0.05) is 0 Å². The molecule has 116 valence electrons. The number of amidine groups is 1. The first-order valence-corrected chi connectivity index (χ1v) is 7.52. The van der Waals surface area contributed by atoms with Crippen LogP contribution in [0.5, 0.6) is 0 Å². The fourth-order valence-corrected chi connectivity index (χ4v) is 2.30. The molecule has 0 fully saturated rings. The standard InChI is InChI=1S/C11H18N2O3.C4H10.Na/c1-4-6-7(3)11(5-2)8(14)12-10(16)13-9(11)15;1-3-4-2;/h7H,4-6H2,1-3H3,(H2,12,13,14,15,16);3-4H2,1-2H3;/q;;+1/p-1. The molecule has 0 saturated heterocycles. The Morgan fingerprint density at radius 3 is 2.00 bits per heavy atom. The summed E-state index contributed by atoms with van der Waals surface area (Å²) in [6.45, 7) is 9.98. The largest absolute Gasteiger partial charge is 1.00 e. The number of aliphatic imine (C=N–C) groups is 1. The van der Waals surface area contributed by atoms with Crippen LogP contribution in [0, 0.1) is 11.3 Å². The number of carbonyl (C=O) groups excluding carboxylic acids is 2. The molecule has 21 heavy (non-hydrogen) atoms. The van der Waals surface area contributed by atoms with Crippen LogP contribution in [0.25, 0.3) is 0 Å². The van der Waals surface area contributed by atoms with Gasteiger partial charge in [-0.3, -0.25) is 9.59 Å². The molecule has 1 rings (SSSR count). The van der Waals surface area contributed by atoms with Crippen LogP contribution in [-0.2, 0) is 9.59 Å². The quantitative estimate of drug-likeness (QED) is 0.523. The van der Waals surface area contributed by atoms with E-state index in [9.17, 15) is 14.7 Å². The molecule has 2 atom stereocenters. The molecule has 0 radical (unpaired) electrons. The number of nitrogens with one attached hydrogen (secondary N) is 1. The smallest absolute Gasteiger partial charge is 0.846 e. The maximum atomic E-state index is 11.9. The summed E-state index contributed by atoms with van der Waals surface area (Å²) in [5, 5.41) is 13.1. The fourth-order valence-electron chi connectivity index (χ4n) is 2.30. The van der Waals surface area contributed by atoms with E-state index in [1.165, 1.54) is 12.8 Å². The monoisotopic (exact) mass is 306 g/mol. The first-order valence-electron chi connectivity index (χ1n) is 7.52. The van der Waals surface area contributed by atoms with Crippen molar-refractivity contribution in [1.29, 1.82) is 0 Å². The van der Waals surface area contributed by atoms with E-state index in [0.717, 1.165) is 12.8 Å². The molecule has 2 amide bonds. The van der Waals surface area contributed by atoms with Gasteiger partial charge in [-0.15, -0.1) is 0 Å². The first-order chi connectivity index (χ1) is 9.40. The van der Waals surface area contributed by atoms with Crippen LogP contribution in [0.15, 0.2) is 4.99 Å². The molecule has 5 nitrogen and oxygen atoms in total. The molecule has 0 aromatic carbocycles. The summed E-state index contributed by atoms with van der Waals surface area (Å²) < 4.78 is 0. The van der Waals surface area contributed by atoms with Crippen molar-refractivity contribution in [3.63, 3.8) is 0 Å². The molecule has 1 aliphatic heterocycles. The third-order valence-corrected chi connectivity index (χ3v) is 3.83. The number of carbonyl (C=O) groups is 2. The Morgan fingerprint density at radius 2 is 1.67 bits per heavy atom. The van der Waals surface area contributed by atoms with Crippen LogP contribution in [0.3, 0.4) is 0 Å². The van der Waals surface area contributed by atoms with Gasteiger partial charge in [0.2, 0.25) is 5.91 Å². The van der Waals surface area contributed by atoms with E-state index < -0.39 is 23.3 Å². The molecular weight excluding hydrogens is 279 g/mol. The van der Waals surface area contributed by atoms with E-state index in [2.05, 4.69) is 24.2 Å². The molecule has 1 heterocycles. The molecule has 1 aliphatic rings. The zero-order valence-electron chi connectivity index (χ0n) is 14.3. The second-order valence-electron chi connectivity index (χ2n) is 5.19. The van der Waals surface area contributed by atoms with E-state index in [-0.39, 0.29) is 35.5 Å². The number of unbranched alkanes of at least 4 members (excludes halogenated alkanes) is 1. The summed E-state index contributed by atoms with van der Waals surface area (Å²) in [6.07, 6.45) is 4.66. The van der Waals surface area contributed by atoms with Crippen LogP contribution in [0.1, 0.15) is 66.7 Å². The molecule has 0 aromatic rings. The summed E-state index contributed by atoms with van der Waals surface area (Å²) in [6, 6.07) is -0.845. The predicted molar refractivity (Wildman–Crippen MR) is 78.0 cm³/mol. The number of hydrogen-bond donors (Lipinski definition) is 1. The molecule has 0 aromatic heterocycles. The van der Waals surface area contributed by atoms with E-state index in [4.69, 9.17) is 0 Å². The van der Waals surface area contributed by atoms with Gasteiger partial charge in [0.15, 0.2) is 0 Å². The van der Waals surface area contributed by atoms with Gasteiger partial charge in [-0.05, 0) is 18.8 Å². The average molecular weight is 306 g/mol. The zero-order chi connectivity index (χ0) is 15.8. The van der Waals surface area contributed by atoms with Crippen LogP contribution in [0.4, 0.5) is 0 Å². The maximum absolute atomic E-state index is 11.9. The van der Waals surface area contributed by atoms with Crippen LogP contribution < -0.4 is 40.0 Å². The Bertz CT molecular complexity index is 370. The van der Waals surface area contributed by atoms with Gasteiger partial charge >= 0.3 is 29.6 Å². The van der Waals surface area contributed by atoms with E-state index in [1.54, 1.807) is 6.92 Å². The third kappa shape index (κ3) is 5.72. The molecular formula is C15H27N2NaO3. The fraction of sp³-hybridized carbons (Fsp3) is 0.800. The summed E-state index contributed by atoms with van der Waals surface area (Å²) in [4.78, 5) is 27.1.